The van der Waals surface area contributed by atoms with E-state index in [9.17, 15) is 19.2 Å². The van der Waals surface area contributed by atoms with E-state index in [2.05, 4.69) is 0 Å². The van der Waals surface area contributed by atoms with E-state index in [-0.39, 0.29) is 18.3 Å². The fourth-order valence-corrected chi connectivity index (χ4v) is 4.18. The lowest BCUT2D eigenvalue weighted by atomic mass is 10.0. The molecule has 34 heavy (non-hydrogen) atoms. The van der Waals surface area contributed by atoms with Gasteiger partial charge in [0.05, 0.1) is 5.92 Å². The molecule has 0 N–H and O–H groups in total. The summed E-state index contributed by atoms with van der Waals surface area (Å²) in [5.41, 5.74) is -1.76. The van der Waals surface area contributed by atoms with Gasteiger partial charge in [-0.3, -0.25) is 4.79 Å². The van der Waals surface area contributed by atoms with Crippen molar-refractivity contribution in [2.75, 3.05) is 0 Å². The predicted molar refractivity (Wildman–Crippen MR) is 124 cm³/mol. The van der Waals surface area contributed by atoms with Gasteiger partial charge in [0.2, 0.25) is 0 Å². The molecule has 2 rings (SSSR count). The third-order valence-electron chi connectivity index (χ3n) is 5.65. The number of carbonyl (C=O) groups is 4. The first kappa shape index (κ1) is 27.9. The van der Waals surface area contributed by atoms with E-state index in [1.807, 2.05) is 0 Å². The molecule has 2 unspecified atom stereocenters. The van der Waals surface area contributed by atoms with E-state index in [0.29, 0.717) is 19.3 Å². The van der Waals surface area contributed by atoms with Crippen LogP contribution in [0.2, 0.25) is 0 Å². The zero-order valence-electron chi connectivity index (χ0n) is 21.7. The van der Waals surface area contributed by atoms with Crippen molar-refractivity contribution < 1.29 is 38.1 Å². The highest BCUT2D eigenvalue weighted by atomic mass is 16.6. The fourth-order valence-electron chi connectivity index (χ4n) is 4.18. The Balaban J connectivity index is 2.20. The molecule has 1 saturated heterocycles. The number of amides is 2. The number of cyclic esters (lactones) is 1. The van der Waals surface area contributed by atoms with E-state index in [4.69, 9.17) is 18.9 Å². The number of carbonyl (C=O) groups excluding carboxylic acids is 4. The van der Waals surface area contributed by atoms with Crippen molar-refractivity contribution >= 4 is 24.1 Å². The molecule has 0 aromatic heterocycles. The molecule has 9 nitrogen and oxygen atoms in total. The van der Waals surface area contributed by atoms with Gasteiger partial charge in [-0.2, -0.15) is 4.90 Å². The fraction of sp³-hybridized carbons (Fsp3) is 0.840. The summed E-state index contributed by atoms with van der Waals surface area (Å²) >= 11 is 0. The van der Waals surface area contributed by atoms with Crippen LogP contribution >= 0.6 is 0 Å². The van der Waals surface area contributed by atoms with Crippen LogP contribution in [0.5, 0.6) is 0 Å². The maximum absolute atomic E-state index is 13.1. The zero-order chi connectivity index (χ0) is 25.7. The molecule has 1 aliphatic carbocycles. The minimum atomic E-state index is -1.21. The standard InChI is InChI=1S/C25H41NO8/c1-16-15-18(32-20(27)17-11-8-9-12-17)13-10-14-19(21(28)31-16)26(22(29)33-24(2,3)4)23(30)34-25(5,6)7/h16-19H,8-15H2,1-7H3/t16?,18?,19-/m0/s1. The summed E-state index contributed by atoms with van der Waals surface area (Å²) in [6, 6.07) is -1.21. The summed E-state index contributed by atoms with van der Waals surface area (Å²) in [5.74, 6) is -0.971. The summed E-state index contributed by atoms with van der Waals surface area (Å²) in [6.07, 6.45) is 2.29. The van der Waals surface area contributed by atoms with E-state index >= 15 is 0 Å². The van der Waals surface area contributed by atoms with Gasteiger partial charge in [0.25, 0.3) is 0 Å². The lowest BCUT2D eigenvalue weighted by molar-refractivity contribution is -0.159. The van der Waals surface area contributed by atoms with E-state index in [0.717, 1.165) is 30.6 Å². The Labute approximate surface area is 202 Å². The van der Waals surface area contributed by atoms with Crippen molar-refractivity contribution in [3.05, 3.63) is 0 Å². The summed E-state index contributed by atoms with van der Waals surface area (Å²) < 4.78 is 22.2. The molecule has 2 fully saturated rings. The van der Waals surface area contributed by atoms with Crippen LogP contribution in [0, 0.1) is 5.92 Å². The highest BCUT2D eigenvalue weighted by molar-refractivity contribution is 5.94. The normalized spacial score (nSPS) is 24.8. The number of rotatable bonds is 3. The van der Waals surface area contributed by atoms with Crippen LogP contribution in [0.1, 0.15) is 99.8 Å². The third kappa shape index (κ3) is 8.80. The molecule has 0 bridgehead atoms. The molecule has 9 heteroatoms. The lowest BCUT2D eigenvalue weighted by Crippen LogP contribution is -2.52. The highest BCUT2D eigenvalue weighted by Crippen LogP contribution is 2.29. The van der Waals surface area contributed by atoms with Crippen molar-refractivity contribution in [1.82, 2.24) is 4.90 Å². The molecule has 1 aliphatic heterocycles. The van der Waals surface area contributed by atoms with Crippen molar-refractivity contribution in [1.29, 1.82) is 0 Å². The molecule has 0 aromatic rings. The Bertz CT molecular complexity index is 717. The molecule has 0 spiro atoms. The van der Waals surface area contributed by atoms with Gasteiger partial charge < -0.3 is 18.9 Å². The Morgan fingerprint density at radius 1 is 0.853 bits per heavy atom. The topological polar surface area (TPSA) is 108 Å². The van der Waals surface area contributed by atoms with Crippen molar-refractivity contribution in [3.8, 4) is 0 Å². The number of hydrogen-bond donors (Lipinski definition) is 0. The average molecular weight is 484 g/mol. The summed E-state index contributed by atoms with van der Waals surface area (Å²) in [7, 11) is 0. The maximum Gasteiger partial charge on any atom is 0.420 e. The molecule has 1 saturated carbocycles. The summed E-state index contributed by atoms with van der Waals surface area (Å²) in [5, 5.41) is 0. The Morgan fingerprint density at radius 2 is 1.38 bits per heavy atom. The first-order valence-electron chi connectivity index (χ1n) is 12.3. The second-order valence-electron chi connectivity index (χ2n) is 11.3. The van der Waals surface area contributed by atoms with E-state index in [1.165, 1.54) is 0 Å². The van der Waals surface area contributed by atoms with Gasteiger partial charge >= 0.3 is 24.1 Å². The summed E-state index contributed by atoms with van der Waals surface area (Å²) in [6.45, 7) is 11.7. The summed E-state index contributed by atoms with van der Waals surface area (Å²) in [4.78, 5) is 52.3. The molecule has 0 aromatic carbocycles. The average Bonchev–Trinajstić information content (AvgIpc) is 3.19. The van der Waals surface area contributed by atoms with Crippen LogP contribution in [0.4, 0.5) is 9.59 Å². The molecule has 194 valence electrons. The van der Waals surface area contributed by atoms with Crippen LogP contribution in [0.15, 0.2) is 0 Å². The monoisotopic (exact) mass is 483 g/mol. The van der Waals surface area contributed by atoms with Gasteiger partial charge in [-0.25, -0.2) is 14.4 Å². The van der Waals surface area contributed by atoms with Crippen molar-refractivity contribution in [2.24, 2.45) is 5.92 Å². The number of imide groups is 1. The van der Waals surface area contributed by atoms with Crippen molar-refractivity contribution in [3.63, 3.8) is 0 Å². The smallest absolute Gasteiger partial charge is 0.420 e. The largest absolute Gasteiger partial charge is 0.462 e. The van der Waals surface area contributed by atoms with Gasteiger partial charge in [-0.15, -0.1) is 0 Å². The quantitative estimate of drug-likeness (QED) is 0.401. The van der Waals surface area contributed by atoms with Gasteiger partial charge in [0.1, 0.15) is 29.5 Å². The van der Waals surface area contributed by atoms with Crippen LogP contribution < -0.4 is 0 Å². The zero-order valence-corrected chi connectivity index (χ0v) is 21.7. The third-order valence-corrected chi connectivity index (χ3v) is 5.65. The lowest BCUT2D eigenvalue weighted by Gasteiger charge is -2.32. The number of ether oxygens (including phenoxy) is 4. The van der Waals surface area contributed by atoms with Crippen molar-refractivity contribution in [2.45, 2.75) is 129 Å². The van der Waals surface area contributed by atoms with E-state index < -0.39 is 47.6 Å². The SMILES string of the molecule is CC1CC(OC(=O)C2CCCC2)CCC[C@H](N(C(=O)OC(C)(C)C)C(=O)OC(C)(C)C)C(=O)O1. The molecule has 1 heterocycles. The molecule has 2 amide bonds. The number of nitrogens with zero attached hydrogens (tertiary/aromatic N) is 1. The Kier molecular flexibility index (Phi) is 9.37. The maximum atomic E-state index is 13.1. The van der Waals surface area contributed by atoms with Crippen LogP contribution in [0.3, 0.4) is 0 Å². The molecular weight excluding hydrogens is 442 g/mol. The van der Waals surface area contributed by atoms with Gasteiger partial charge in [0.15, 0.2) is 0 Å². The minimum absolute atomic E-state index is 0.0620. The first-order valence-corrected chi connectivity index (χ1v) is 12.3. The molecule has 2 aliphatic rings. The Hall–Kier alpha value is -2.32. The highest BCUT2D eigenvalue weighted by Gasteiger charge is 2.42. The minimum Gasteiger partial charge on any atom is -0.462 e. The molecular formula is C25H41NO8. The molecule has 0 radical (unpaired) electrons. The first-order chi connectivity index (χ1) is 15.7. The van der Waals surface area contributed by atoms with Crippen LogP contribution in [-0.4, -0.2) is 58.5 Å². The number of hydrogen-bond acceptors (Lipinski definition) is 8. The van der Waals surface area contributed by atoms with Gasteiger partial charge in [0, 0.05) is 6.42 Å². The van der Waals surface area contributed by atoms with Crippen LogP contribution in [0.25, 0.3) is 0 Å². The van der Waals surface area contributed by atoms with Crippen LogP contribution in [-0.2, 0) is 28.5 Å². The van der Waals surface area contributed by atoms with E-state index in [1.54, 1.807) is 48.5 Å². The second kappa shape index (κ2) is 11.4. The number of esters is 2. The van der Waals surface area contributed by atoms with Gasteiger partial charge in [-0.1, -0.05) is 12.8 Å². The predicted octanol–water partition coefficient (Wildman–Crippen LogP) is 5.13. The van der Waals surface area contributed by atoms with Gasteiger partial charge in [-0.05, 0) is 80.6 Å². The Morgan fingerprint density at radius 3 is 1.88 bits per heavy atom. The molecule has 3 atom stereocenters. The second-order valence-corrected chi connectivity index (χ2v) is 11.3.